The summed E-state index contributed by atoms with van der Waals surface area (Å²) in [6, 6.07) is 1.45. The van der Waals surface area contributed by atoms with Gasteiger partial charge in [0.2, 0.25) is 0 Å². The Morgan fingerprint density at radius 1 is 1.31 bits per heavy atom. The molecule has 0 radical (unpaired) electrons. The van der Waals surface area contributed by atoms with Crippen LogP contribution in [0.1, 0.15) is 46.5 Å². The topological polar surface area (TPSA) is 38.5 Å². The molecule has 0 aromatic heterocycles. The molecular formula is C13H28N2O. The van der Waals surface area contributed by atoms with Gasteiger partial charge in [-0.2, -0.15) is 0 Å². The van der Waals surface area contributed by atoms with Crippen LogP contribution in [-0.2, 0) is 4.74 Å². The highest BCUT2D eigenvalue weighted by Crippen LogP contribution is 2.22. The molecule has 0 aromatic rings. The lowest BCUT2D eigenvalue weighted by Gasteiger charge is -2.39. The lowest BCUT2D eigenvalue weighted by Crippen LogP contribution is -2.45. The molecule has 1 heterocycles. The zero-order chi connectivity index (χ0) is 12.0. The summed E-state index contributed by atoms with van der Waals surface area (Å²) in [5, 5.41) is 0. The molecule has 1 aliphatic rings. The fourth-order valence-corrected chi connectivity index (χ4v) is 2.71. The van der Waals surface area contributed by atoms with Gasteiger partial charge >= 0.3 is 0 Å². The Morgan fingerprint density at radius 2 is 1.94 bits per heavy atom. The van der Waals surface area contributed by atoms with E-state index in [1.165, 1.54) is 19.3 Å². The van der Waals surface area contributed by atoms with Crippen LogP contribution in [0.3, 0.4) is 0 Å². The molecule has 3 unspecified atom stereocenters. The van der Waals surface area contributed by atoms with Gasteiger partial charge in [0, 0.05) is 31.8 Å². The SMILES string of the molecule is CCOC(CN)CCN1C(C)CCCC1C. The van der Waals surface area contributed by atoms with Crippen LogP contribution in [0.5, 0.6) is 0 Å². The average molecular weight is 228 g/mol. The number of nitrogens with two attached hydrogens (primary N) is 1. The van der Waals surface area contributed by atoms with Gasteiger partial charge in [0.05, 0.1) is 6.10 Å². The van der Waals surface area contributed by atoms with Crippen molar-refractivity contribution in [1.29, 1.82) is 0 Å². The first-order valence-electron chi connectivity index (χ1n) is 6.76. The van der Waals surface area contributed by atoms with E-state index in [-0.39, 0.29) is 6.10 Å². The van der Waals surface area contributed by atoms with E-state index in [2.05, 4.69) is 18.7 Å². The van der Waals surface area contributed by atoms with Gasteiger partial charge in [-0.25, -0.2) is 0 Å². The van der Waals surface area contributed by atoms with Crippen molar-refractivity contribution in [2.45, 2.75) is 64.6 Å². The number of piperidine rings is 1. The summed E-state index contributed by atoms with van der Waals surface area (Å²) < 4.78 is 5.60. The summed E-state index contributed by atoms with van der Waals surface area (Å²) in [5.74, 6) is 0. The molecule has 3 nitrogen and oxygen atoms in total. The van der Waals surface area contributed by atoms with E-state index >= 15 is 0 Å². The average Bonchev–Trinajstić information content (AvgIpc) is 2.27. The molecule has 1 rings (SSSR count). The lowest BCUT2D eigenvalue weighted by atomic mass is 9.97. The molecule has 16 heavy (non-hydrogen) atoms. The fraction of sp³-hybridized carbons (Fsp3) is 1.00. The molecule has 0 saturated carbocycles. The first-order chi connectivity index (χ1) is 7.69. The third-order valence-electron chi connectivity index (χ3n) is 3.75. The van der Waals surface area contributed by atoms with Crippen molar-refractivity contribution in [2.75, 3.05) is 19.7 Å². The van der Waals surface area contributed by atoms with Crippen LogP contribution >= 0.6 is 0 Å². The van der Waals surface area contributed by atoms with Crippen LogP contribution in [0.25, 0.3) is 0 Å². The highest BCUT2D eigenvalue weighted by Gasteiger charge is 2.24. The van der Waals surface area contributed by atoms with Crippen molar-refractivity contribution in [3.8, 4) is 0 Å². The summed E-state index contributed by atoms with van der Waals surface area (Å²) >= 11 is 0. The number of likely N-dealkylation sites (tertiary alicyclic amines) is 1. The molecular weight excluding hydrogens is 200 g/mol. The van der Waals surface area contributed by atoms with Gasteiger partial charge in [-0.15, -0.1) is 0 Å². The van der Waals surface area contributed by atoms with Crippen LogP contribution in [0.2, 0.25) is 0 Å². The second kappa shape index (κ2) is 7.25. The highest BCUT2D eigenvalue weighted by atomic mass is 16.5. The van der Waals surface area contributed by atoms with Gasteiger partial charge in [0.1, 0.15) is 0 Å². The van der Waals surface area contributed by atoms with E-state index in [0.717, 1.165) is 31.7 Å². The number of ether oxygens (including phenoxy) is 1. The lowest BCUT2D eigenvalue weighted by molar-refractivity contribution is 0.0355. The predicted octanol–water partition coefficient (Wildman–Crippen LogP) is 2.00. The molecule has 0 amide bonds. The van der Waals surface area contributed by atoms with Gasteiger partial charge in [-0.3, -0.25) is 4.90 Å². The van der Waals surface area contributed by atoms with E-state index < -0.39 is 0 Å². The summed E-state index contributed by atoms with van der Waals surface area (Å²) in [6.45, 7) is 9.26. The van der Waals surface area contributed by atoms with Gasteiger partial charge in [0.15, 0.2) is 0 Å². The number of hydrogen-bond donors (Lipinski definition) is 1. The molecule has 0 aromatic carbocycles. The molecule has 0 bridgehead atoms. The molecule has 0 spiro atoms. The summed E-state index contributed by atoms with van der Waals surface area (Å²) in [4.78, 5) is 2.62. The summed E-state index contributed by atoms with van der Waals surface area (Å²) in [6.07, 6.45) is 5.37. The van der Waals surface area contributed by atoms with Crippen LogP contribution in [-0.4, -0.2) is 42.8 Å². The van der Waals surface area contributed by atoms with Crippen molar-refractivity contribution in [1.82, 2.24) is 4.90 Å². The maximum absolute atomic E-state index is 5.70. The molecule has 3 atom stereocenters. The zero-order valence-corrected chi connectivity index (χ0v) is 11.1. The van der Waals surface area contributed by atoms with Gasteiger partial charge in [-0.05, 0) is 40.0 Å². The Morgan fingerprint density at radius 3 is 2.44 bits per heavy atom. The number of hydrogen-bond acceptors (Lipinski definition) is 3. The quantitative estimate of drug-likeness (QED) is 0.756. The van der Waals surface area contributed by atoms with Crippen LogP contribution in [0, 0.1) is 0 Å². The molecule has 1 saturated heterocycles. The predicted molar refractivity (Wildman–Crippen MR) is 68.6 cm³/mol. The first kappa shape index (κ1) is 13.9. The van der Waals surface area contributed by atoms with Crippen molar-refractivity contribution in [2.24, 2.45) is 5.73 Å². The summed E-state index contributed by atoms with van der Waals surface area (Å²) in [7, 11) is 0. The third kappa shape index (κ3) is 4.04. The standard InChI is InChI=1S/C13H28N2O/c1-4-16-13(10-14)8-9-15-11(2)6-5-7-12(15)3/h11-13H,4-10,14H2,1-3H3. The van der Waals surface area contributed by atoms with E-state index in [0.29, 0.717) is 6.54 Å². The Hall–Kier alpha value is -0.120. The number of rotatable bonds is 6. The smallest absolute Gasteiger partial charge is 0.0709 e. The van der Waals surface area contributed by atoms with Crippen LogP contribution < -0.4 is 5.73 Å². The Balaban J connectivity index is 2.33. The van der Waals surface area contributed by atoms with Crippen molar-refractivity contribution >= 4 is 0 Å². The van der Waals surface area contributed by atoms with Crippen molar-refractivity contribution < 1.29 is 4.74 Å². The maximum atomic E-state index is 5.70. The largest absolute Gasteiger partial charge is 0.377 e. The Bertz CT molecular complexity index is 177. The van der Waals surface area contributed by atoms with E-state index in [1.54, 1.807) is 0 Å². The zero-order valence-electron chi connectivity index (χ0n) is 11.1. The van der Waals surface area contributed by atoms with Crippen molar-refractivity contribution in [3.63, 3.8) is 0 Å². The Labute approximate surface area is 100 Å². The molecule has 0 aliphatic carbocycles. The Kier molecular flexibility index (Phi) is 6.32. The third-order valence-corrected chi connectivity index (χ3v) is 3.75. The van der Waals surface area contributed by atoms with E-state index in [4.69, 9.17) is 10.5 Å². The first-order valence-corrected chi connectivity index (χ1v) is 6.76. The minimum atomic E-state index is 0.242. The van der Waals surface area contributed by atoms with Crippen LogP contribution in [0.4, 0.5) is 0 Å². The van der Waals surface area contributed by atoms with Gasteiger partial charge in [0.25, 0.3) is 0 Å². The van der Waals surface area contributed by atoms with E-state index in [9.17, 15) is 0 Å². The maximum Gasteiger partial charge on any atom is 0.0709 e. The second-order valence-corrected chi connectivity index (χ2v) is 4.97. The monoisotopic (exact) mass is 228 g/mol. The van der Waals surface area contributed by atoms with Crippen molar-refractivity contribution in [3.05, 3.63) is 0 Å². The molecule has 2 N–H and O–H groups in total. The minimum Gasteiger partial charge on any atom is -0.377 e. The molecule has 1 fully saturated rings. The fourth-order valence-electron chi connectivity index (χ4n) is 2.71. The van der Waals surface area contributed by atoms with E-state index in [1.807, 2.05) is 6.92 Å². The minimum absolute atomic E-state index is 0.242. The van der Waals surface area contributed by atoms with Crippen LogP contribution in [0.15, 0.2) is 0 Å². The molecule has 96 valence electrons. The normalized spacial score (nSPS) is 29.2. The van der Waals surface area contributed by atoms with Gasteiger partial charge in [-0.1, -0.05) is 6.42 Å². The molecule has 1 aliphatic heterocycles. The molecule has 3 heteroatoms. The van der Waals surface area contributed by atoms with Gasteiger partial charge < -0.3 is 10.5 Å². The second-order valence-electron chi connectivity index (χ2n) is 4.97. The highest BCUT2D eigenvalue weighted by molar-refractivity contribution is 4.80. The summed E-state index contributed by atoms with van der Waals surface area (Å²) in [5.41, 5.74) is 5.70. The number of nitrogens with zero attached hydrogens (tertiary/aromatic N) is 1.